The van der Waals surface area contributed by atoms with Gasteiger partial charge in [0, 0.05) is 19.3 Å². The third kappa shape index (κ3) is 53.9. The molecule has 0 heterocycles. The molecule has 0 aliphatic heterocycles. The van der Waals surface area contributed by atoms with E-state index in [0.717, 1.165) is 96.3 Å². The Kier molecular flexibility index (Phi) is 53.3. The number of esters is 3. The molecule has 1 unspecified atom stereocenters. The van der Waals surface area contributed by atoms with Crippen molar-refractivity contribution in [3.63, 3.8) is 0 Å². The second-order valence-corrected chi connectivity index (χ2v) is 19.2. The summed E-state index contributed by atoms with van der Waals surface area (Å²) in [6.45, 7) is 6.59. The van der Waals surface area contributed by atoms with Gasteiger partial charge in [-0.15, -0.1) is 0 Å². The third-order valence-corrected chi connectivity index (χ3v) is 12.5. The number of unbranched alkanes of at least 4 members (excludes halogenated alkanes) is 31. The highest BCUT2D eigenvalue weighted by Gasteiger charge is 2.19. The van der Waals surface area contributed by atoms with Gasteiger partial charge in [0.25, 0.3) is 0 Å². The highest BCUT2D eigenvalue weighted by molar-refractivity contribution is 5.71. The van der Waals surface area contributed by atoms with Gasteiger partial charge in [0.15, 0.2) is 6.10 Å². The largest absolute Gasteiger partial charge is 0.462 e. The standard InChI is InChI=1S/C61H108O6/c1-4-7-10-13-16-19-22-25-27-28-29-30-31-32-34-36-39-42-45-48-51-54-60(63)66-57-58(56-65-59(62)53-50-47-44-41-38-35-24-21-18-15-12-9-6-3)67-61(64)55-52-49-46-43-40-37-33-26-23-20-17-14-11-8-5-2/h17,20-22,24-26,28-29,33,58H,4-16,18-19,23,27,30-32,34-57H2,1-3H3/b20-17-,24-21-,25-22-,29-28-,33-26-. The Labute approximate surface area is 415 Å². The lowest BCUT2D eigenvalue weighted by atomic mass is 10.1. The van der Waals surface area contributed by atoms with Gasteiger partial charge in [-0.25, -0.2) is 0 Å². The molecule has 1 atom stereocenters. The highest BCUT2D eigenvalue weighted by atomic mass is 16.6. The zero-order valence-corrected chi connectivity index (χ0v) is 44.4. The van der Waals surface area contributed by atoms with Crippen molar-refractivity contribution < 1.29 is 28.6 Å². The Bertz CT molecular complexity index is 1210. The lowest BCUT2D eigenvalue weighted by Crippen LogP contribution is -2.30. The van der Waals surface area contributed by atoms with Crippen molar-refractivity contribution in [3.05, 3.63) is 60.8 Å². The van der Waals surface area contributed by atoms with Gasteiger partial charge in [-0.2, -0.15) is 0 Å². The minimum absolute atomic E-state index is 0.0840. The van der Waals surface area contributed by atoms with Crippen molar-refractivity contribution in [1.29, 1.82) is 0 Å². The van der Waals surface area contributed by atoms with E-state index in [2.05, 4.69) is 81.5 Å². The minimum atomic E-state index is -0.786. The average Bonchev–Trinajstić information content (AvgIpc) is 3.33. The fourth-order valence-electron chi connectivity index (χ4n) is 8.09. The number of ether oxygens (including phenoxy) is 3. The molecule has 0 fully saturated rings. The molecular formula is C61H108O6. The van der Waals surface area contributed by atoms with Crippen LogP contribution in [0.25, 0.3) is 0 Å². The van der Waals surface area contributed by atoms with Gasteiger partial charge in [-0.05, 0) is 109 Å². The Morgan fingerprint density at radius 3 is 0.881 bits per heavy atom. The van der Waals surface area contributed by atoms with E-state index < -0.39 is 6.10 Å². The SMILES string of the molecule is CCCCC/C=C\C/C=C\CCCCCCCC(=O)OC(COC(=O)CCCCCCC/C=C\CCCCCC)COC(=O)CCCCCCCCCCC/C=C\C/C=C\CCCCCCC. The number of carbonyl (C=O) groups excluding carboxylic acids is 3. The predicted octanol–water partition coefficient (Wildman–Crippen LogP) is 19.2. The highest BCUT2D eigenvalue weighted by Crippen LogP contribution is 2.15. The zero-order valence-electron chi connectivity index (χ0n) is 44.4. The topological polar surface area (TPSA) is 78.9 Å². The van der Waals surface area contributed by atoms with Crippen LogP contribution in [-0.2, 0) is 28.6 Å². The van der Waals surface area contributed by atoms with Gasteiger partial charge in [0.05, 0.1) is 0 Å². The number of carbonyl (C=O) groups is 3. The molecular weight excluding hydrogens is 829 g/mol. The van der Waals surface area contributed by atoms with E-state index in [1.54, 1.807) is 0 Å². The van der Waals surface area contributed by atoms with Crippen molar-refractivity contribution in [2.24, 2.45) is 0 Å². The number of hydrogen-bond donors (Lipinski definition) is 0. The van der Waals surface area contributed by atoms with Gasteiger partial charge in [0.2, 0.25) is 0 Å². The Morgan fingerprint density at radius 2 is 0.537 bits per heavy atom. The van der Waals surface area contributed by atoms with Gasteiger partial charge >= 0.3 is 17.9 Å². The second kappa shape index (κ2) is 55.7. The maximum Gasteiger partial charge on any atom is 0.306 e. The predicted molar refractivity (Wildman–Crippen MR) is 288 cm³/mol. The summed E-state index contributed by atoms with van der Waals surface area (Å²) in [7, 11) is 0. The number of hydrogen-bond acceptors (Lipinski definition) is 6. The summed E-state index contributed by atoms with van der Waals surface area (Å²) in [5.74, 6) is -0.902. The first-order chi connectivity index (χ1) is 33.0. The van der Waals surface area contributed by atoms with Crippen LogP contribution in [0.3, 0.4) is 0 Å². The first kappa shape index (κ1) is 64.1. The summed E-state index contributed by atoms with van der Waals surface area (Å²) in [6.07, 6.45) is 69.2. The Morgan fingerprint density at radius 1 is 0.299 bits per heavy atom. The van der Waals surface area contributed by atoms with E-state index in [1.807, 2.05) is 0 Å². The fraction of sp³-hybridized carbons (Fsp3) is 0.787. The summed E-state index contributed by atoms with van der Waals surface area (Å²) in [5.41, 5.74) is 0. The molecule has 0 aromatic heterocycles. The number of rotatable bonds is 52. The first-order valence-electron chi connectivity index (χ1n) is 28.8. The second-order valence-electron chi connectivity index (χ2n) is 19.2. The van der Waals surface area contributed by atoms with Crippen LogP contribution in [0.4, 0.5) is 0 Å². The van der Waals surface area contributed by atoms with E-state index in [0.29, 0.717) is 19.3 Å². The quantitative estimate of drug-likeness (QED) is 0.0262. The van der Waals surface area contributed by atoms with Crippen LogP contribution in [0.15, 0.2) is 60.8 Å². The van der Waals surface area contributed by atoms with Crippen molar-refractivity contribution in [2.45, 2.75) is 297 Å². The molecule has 0 aromatic carbocycles. The molecule has 0 aliphatic carbocycles. The van der Waals surface area contributed by atoms with E-state index in [1.165, 1.54) is 154 Å². The molecule has 0 aromatic rings. The van der Waals surface area contributed by atoms with Gasteiger partial charge in [-0.3, -0.25) is 14.4 Å². The third-order valence-electron chi connectivity index (χ3n) is 12.5. The molecule has 0 spiro atoms. The van der Waals surface area contributed by atoms with Crippen LogP contribution in [0, 0.1) is 0 Å². The van der Waals surface area contributed by atoms with E-state index in [4.69, 9.17) is 14.2 Å². The van der Waals surface area contributed by atoms with Crippen LogP contribution in [0.5, 0.6) is 0 Å². The molecule has 0 N–H and O–H groups in total. The fourth-order valence-corrected chi connectivity index (χ4v) is 8.09. The molecule has 0 saturated carbocycles. The number of allylic oxidation sites excluding steroid dienone is 10. The molecule has 0 bridgehead atoms. The van der Waals surface area contributed by atoms with E-state index in [9.17, 15) is 14.4 Å². The maximum atomic E-state index is 12.8. The van der Waals surface area contributed by atoms with Crippen LogP contribution in [0.2, 0.25) is 0 Å². The molecule has 388 valence electrons. The molecule has 67 heavy (non-hydrogen) atoms. The summed E-state index contributed by atoms with van der Waals surface area (Å²) >= 11 is 0. The maximum absolute atomic E-state index is 12.8. The van der Waals surface area contributed by atoms with Crippen molar-refractivity contribution in [2.75, 3.05) is 13.2 Å². The normalized spacial score (nSPS) is 12.5. The van der Waals surface area contributed by atoms with Gasteiger partial charge < -0.3 is 14.2 Å². The smallest absolute Gasteiger partial charge is 0.306 e. The lowest BCUT2D eigenvalue weighted by Gasteiger charge is -2.18. The first-order valence-corrected chi connectivity index (χ1v) is 28.8. The summed E-state index contributed by atoms with van der Waals surface area (Å²) in [5, 5.41) is 0. The van der Waals surface area contributed by atoms with E-state index in [-0.39, 0.29) is 31.1 Å². The monoisotopic (exact) mass is 937 g/mol. The van der Waals surface area contributed by atoms with Crippen molar-refractivity contribution >= 4 is 17.9 Å². The van der Waals surface area contributed by atoms with Crippen LogP contribution in [0.1, 0.15) is 290 Å². The summed E-state index contributed by atoms with van der Waals surface area (Å²) < 4.78 is 16.8. The molecule has 6 heteroatoms. The average molecular weight is 938 g/mol. The zero-order chi connectivity index (χ0) is 48.6. The molecule has 0 radical (unpaired) electrons. The Balaban J connectivity index is 4.36. The van der Waals surface area contributed by atoms with Gasteiger partial charge in [0.1, 0.15) is 13.2 Å². The molecule has 0 aliphatic rings. The van der Waals surface area contributed by atoms with Crippen LogP contribution >= 0.6 is 0 Å². The lowest BCUT2D eigenvalue weighted by molar-refractivity contribution is -0.167. The molecule has 0 rings (SSSR count). The van der Waals surface area contributed by atoms with Crippen molar-refractivity contribution in [3.8, 4) is 0 Å². The van der Waals surface area contributed by atoms with Crippen LogP contribution in [-0.4, -0.2) is 37.2 Å². The van der Waals surface area contributed by atoms with Crippen molar-refractivity contribution in [1.82, 2.24) is 0 Å². The van der Waals surface area contributed by atoms with Crippen LogP contribution < -0.4 is 0 Å². The Hall–Kier alpha value is -2.89. The summed E-state index contributed by atoms with van der Waals surface area (Å²) in [6, 6.07) is 0. The van der Waals surface area contributed by atoms with E-state index >= 15 is 0 Å². The molecule has 0 amide bonds. The summed E-state index contributed by atoms with van der Waals surface area (Å²) in [4.78, 5) is 38.1. The molecule has 6 nitrogen and oxygen atoms in total. The minimum Gasteiger partial charge on any atom is -0.462 e. The molecule has 0 saturated heterocycles. The van der Waals surface area contributed by atoms with Gasteiger partial charge in [-0.1, -0.05) is 223 Å².